The number of methoxy groups -OCH3 is 3. The Morgan fingerprint density at radius 2 is 1.74 bits per heavy atom. The van der Waals surface area contributed by atoms with Crippen LogP contribution in [0.3, 0.4) is 0 Å². The van der Waals surface area contributed by atoms with Crippen LogP contribution in [0.5, 0.6) is 17.2 Å². The molecule has 2 rings (SSSR count). The third-order valence-corrected chi connectivity index (χ3v) is 4.76. The van der Waals surface area contributed by atoms with E-state index in [1.165, 1.54) is 21.3 Å². The van der Waals surface area contributed by atoms with Gasteiger partial charge >= 0.3 is 5.97 Å². The van der Waals surface area contributed by atoms with Gasteiger partial charge in [-0.15, -0.1) is 0 Å². The van der Waals surface area contributed by atoms with Crippen LogP contribution < -0.4 is 14.2 Å². The molecule has 1 atom stereocenters. The fourth-order valence-corrected chi connectivity index (χ4v) is 3.02. The van der Waals surface area contributed by atoms with Crippen LogP contribution in [0.2, 0.25) is 0 Å². The number of carbonyl (C=O) groups is 1. The summed E-state index contributed by atoms with van der Waals surface area (Å²) in [5.41, 5.74) is -0.243. The topological polar surface area (TPSA) is 70.4 Å². The van der Waals surface area contributed by atoms with Crippen molar-refractivity contribution in [2.75, 3.05) is 42.0 Å². The van der Waals surface area contributed by atoms with Crippen molar-refractivity contribution in [3.63, 3.8) is 0 Å². The van der Waals surface area contributed by atoms with Gasteiger partial charge in [-0.1, -0.05) is 6.92 Å². The fourth-order valence-electron chi connectivity index (χ4n) is 3.02. The molecule has 27 heavy (non-hydrogen) atoms. The van der Waals surface area contributed by atoms with E-state index >= 15 is 0 Å². The zero-order valence-electron chi connectivity index (χ0n) is 16.7. The van der Waals surface area contributed by atoms with Crippen LogP contribution in [-0.4, -0.2) is 52.9 Å². The standard InChI is InChI=1S/C20H27NO6/c1-7-20(21(2)3,17-9-8-10-26-17)13-27-19(22)14-11-15(23-4)18(25-6)16(12-14)24-5/h8-12H,7,13H2,1-6H3. The van der Waals surface area contributed by atoms with Gasteiger partial charge in [0.2, 0.25) is 5.75 Å². The van der Waals surface area contributed by atoms with Crippen LogP contribution in [0.4, 0.5) is 0 Å². The summed E-state index contributed by atoms with van der Waals surface area (Å²) >= 11 is 0. The molecule has 0 saturated carbocycles. The first-order chi connectivity index (χ1) is 12.9. The molecule has 7 heteroatoms. The van der Waals surface area contributed by atoms with Crippen LogP contribution in [0.25, 0.3) is 0 Å². The number of hydrogen-bond acceptors (Lipinski definition) is 7. The summed E-state index contributed by atoms with van der Waals surface area (Å²) in [6.07, 6.45) is 2.32. The molecule has 1 aromatic heterocycles. The second-order valence-corrected chi connectivity index (χ2v) is 6.25. The highest BCUT2D eigenvalue weighted by Gasteiger charge is 2.37. The first kappa shape index (κ1) is 20.6. The summed E-state index contributed by atoms with van der Waals surface area (Å²) in [7, 11) is 8.36. The monoisotopic (exact) mass is 377 g/mol. The predicted octanol–water partition coefficient (Wildman–Crippen LogP) is 3.33. The summed E-state index contributed by atoms with van der Waals surface area (Å²) in [5, 5.41) is 0. The highest BCUT2D eigenvalue weighted by Crippen LogP contribution is 2.38. The van der Waals surface area contributed by atoms with Crippen molar-refractivity contribution in [1.82, 2.24) is 4.90 Å². The number of likely N-dealkylation sites (N-methyl/N-ethyl adjacent to an activating group) is 1. The van der Waals surface area contributed by atoms with E-state index in [2.05, 4.69) is 0 Å². The van der Waals surface area contributed by atoms with Crippen molar-refractivity contribution < 1.29 is 28.2 Å². The summed E-state index contributed by atoms with van der Waals surface area (Å²) in [6, 6.07) is 6.85. The van der Waals surface area contributed by atoms with Crippen LogP contribution in [0, 0.1) is 0 Å². The number of furan rings is 1. The molecule has 1 unspecified atom stereocenters. The highest BCUT2D eigenvalue weighted by atomic mass is 16.5. The zero-order valence-corrected chi connectivity index (χ0v) is 16.7. The molecule has 148 valence electrons. The summed E-state index contributed by atoms with van der Waals surface area (Å²) in [5.74, 6) is 1.46. The van der Waals surface area contributed by atoms with Gasteiger partial charge in [0.15, 0.2) is 11.5 Å². The van der Waals surface area contributed by atoms with Crippen molar-refractivity contribution in [3.05, 3.63) is 41.9 Å². The van der Waals surface area contributed by atoms with Gasteiger partial charge < -0.3 is 23.4 Å². The Hall–Kier alpha value is -2.67. The molecule has 0 saturated heterocycles. The van der Waals surface area contributed by atoms with Crippen molar-refractivity contribution in [2.45, 2.75) is 18.9 Å². The Labute approximate surface area is 159 Å². The minimum atomic E-state index is -0.556. The number of hydrogen-bond donors (Lipinski definition) is 0. The Kier molecular flexibility index (Phi) is 6.74. The predicted molar refractivity (Wildman–Crippen MR) is 101 cm³/mol. The molecule has 1 heterocycles. The maximum atomic E-state index is 12.7. The third-order valence-electron chi connectivity index (χ3n) is 4.76. The lowest BCUT2D eigenvalue weighted by atomic mass is 9.92. The van der Waals surface area contributed by atoms with Crippen LogP contribution in [0.15, 0.2) is 34.9 Å². The maximum Gasteiger partial charge on any atom is 0.338 e. The minimum Gasteiger partial charge on any atom is -0.493 e. The second-order valence-electron chi connectivity index (χ2n) is 6.25. The number of carbonyl (C=O) groups excluding carboxylic acids is 1. The Morgan fingerprint density at radius 3 is 2.15 bits per heavy atom. The number of ether oxygens (including phenoxy) is 4. The lowest BCUT2D eigenvalue weighted by Crippen LogP contribution is -2.45. The molecule has 0 bridgehead atoms. The van der Waals surface area contributed by atoms with E-state index in [0.29, 0.717) is 29.2 Å². The minimum absolute atomic E-state index is 0.138. The van der Waals surface area contributed by atoms with E-state index in [1.807, 2.05) is 38.1 Å². The molecule has 0 N–H and O–H groups in total. The SMILES string of the molecule is CCC(COC(=O)c1cc(OC)c(OC)c(OC)c1)(c1ccco1)N(C)C. The molecule has 7 nitrogen and oxygen atoms in total. The molecular formula is C20H27NO6. The van der Waals surface area contributed by atoms with E-state index in [0.717, 1.165) is 5.76 Å². The molecule has 0 aliphatic heterocycles. The molecule has 1 aromatic carbocycles. The molecule has 0 amide bonds. The van der Waals surface area contributed by atoms with Gasteiger partial charge in [0, 0.05) is 0 Å². The van der Waals surface area contributed by atoms with E-state index in [1.54, 1.807) is 18.4 Å². The maximum absolute atomic E-state index is 12.7. The Morgan fingerprint density at radius 1 is 1.11 bits per heavy atom. The zero-order chi connectivity index (χ0) is 20.0. The van der Waals surface area contributed by atoms with Crippen LogP contribution in [0.1, 0.15) is 29.5 Å². The molecule has 0 radical (unpaired) electrons. The van der Waals surface area contributed by atoms with Gasteiger partial charge in [-0.05, 0) is 44.8 Å². The Bertz CT molecular complexity index is 731. The molecule has 0 aliphatic rings. The molecular weight excluding hydrogens is 350 g/mol. The second kappa shape index (κ2) is 8.81. The van der Waals surface area contributed by atoms with Gasteiger partial charge in [-0.25, -0.2) is 4.79 Å². The summed E-state index contributed by atoms with van der Waals surface area (Å²) in [6.45, 7) is 2.16. The summed E-state index contributed by atoms with van der Waals surface area (Å²) in [4.78, 5) is 14.7. The normalized spacial score (nSPS) is 13.1. The first-order valence-corrected chi connectivity index (χ1v) is 8.62. The van der Waals surface area contributed by atoms with Crippen LogP contribution in [-0.2, 0) is 10.3 Å². The van der Waals surface area contributed by atoms with Crippen molar-refractivity contribution in [1.29, 1.82) is 0 Å². The van der Waals surface area contributed by atoms with Gasteiger partial charge in [0.25, 0.3) is 0 Å². The van der Waals surface area contributed by atoms with E-state index in [-0.39, 0.29) is 6.61 Å². The van der Waals surface area contributed by atoms with E-state index in [9.17, 15) is 4.79 Å². The highest BCUT2D eigenvalue weighted by molar-refractivity contribution is 5.91. The number of nitrogens with zero attached hydrogens (tertiary/aromatic N) is 1. The number of rotatable bonds is 9. The van der Waals surface area contributed by atoms with Gasteiger partial charge in [0.1, 0.15) is 17.9 Å². The first-order valence-electron chi connectivity index (χ1n) is 8.62. The van der Waals surface area contributed by atoms with Crippen molar-refractivity contribution in [3.8, 4) is 17.2 Å². The smallest absolute Gasteiger partial charge is 0.338 e. The molecule has 0 aliphatic carbocycles. The molecule has 0 spiro atoms. The number of benzene rings is 1. The lowest BCUT2D eigenvalue weighted by molar-refractivity contribution is 0.00381. The van der Waals surface area contributed by atoms with Gasteiger partial charge in [-0.2, -0.15) is 0 Å². The Balaban J connectivity index is 2.28. The third kappa shape index (κ3) is 4.03. The average molecular weight is 377 g/mol. The van der Waals surface area contributed by atoms with E-state index < -0.39 is 11.5 Å². The fraction of sp³-hybridized carbons (Fsp3) is 0.450. The molecule has 2 aromatic rings. The van der Waals surface area contributed by atoms with Crippen molar-refractivity contribution in [2.24, 2.45) is 0 Å². The largest absolute Gasteiger partial charge is 0.493 e. The average Bonchev–Trinajstić information content (AvgIpc) is 3.22. The number of esters is 1. The van der Waals surface area contributed by atoms with Crippen molar-refractivity contribution >= 4 is 5.97 Å². The summed E-state index contributed by atoms with van der Waals surface area (Å²) < 4.78 is 27.1. The lowest BCUT2D eigenvalue weighted by Gasteiger charge is -2.36. The van der Waals surface area contributed by atoms with E-state index in [4.69, 9.17) is 23.4 Å². The molecule has 0 fully saturated rings. The van der Waals surface area contributed by atoms with Gasteiger partial charge in [0.05, 0.1) is 33.2 Å². The quantitative estimate of drug-likeness (QED) is 0.621. The van der Waals surface area contributed by atoms with Gasteiger partial charge in [-0.3, -0.25) is 4.90 Å². The van der Waals surface area contributed by atoms with Crippen LogP contribution >= 0.6 is 0 Å².